The van der Waals surface area contributed by atoms with Gasteiger partial charge in [0.15, 0.2) is 0 Å². The number of pyridine rings is 1. The van der Waals surface area contributed by atoms with E-state index in [1.165, 1.54) is 12.1 Å². The second-order valence-electron chi connectivity index (χ2n) is 5.83. The third kappa shape index (κ3) is 4.09. The highest BCUT2D eigenvalue weighted by atomic mass is 19.4. The number of benzene rings is 1. The normalized spacial score (nSPS) is 18.8. The van der Waals surface area contributed by atoms with Gasteiger partial charge < -0.3 is 9.64 Å². The number of alkyl halides is 6. The van der Waals surface area contributed by atoms with Gasteiger partial charge in [-0.2, -0.15) is 26.3 Å². The molecule has 9 heteroatoms. The van der Waals surface area contributed by atoms with Crippen molar-refractivity contribution in [3.8, 4) is 0 Å². The molecule has 1 unspecified atom stereocenters. The lowest BCUT2D eigenvalue weighted by atomic mass is 10.0. The highest BCUT2D eigenvalue weighted by Gasteiger charge is 2.33. The molecule has 1 aromatic carbocycles. The van der Waals surface area contributed by atoms with Crippen LogP contribution in [0.1, 0.15) is 22.8 Å². The van der Waals surface area contributed by atoms with Crippen LogP contribution < -0.4 is 4.90 Å². The minimum atomic E-state index is -4.48. The monoisotopic (exact) mass is 376 g/mol. The molecule has 0 amide bonds. The molecule has 0 spiro atoms. The van der Waals surface area contributed by atoms with Crippen LogP contribution in [0.5, 0.6) is 0 Å². The van der Waals surface area contributed by atoms with Gasteiger partial charge in [0.1, 0.15) is 11.9 Å². The van der Waals surface area contributed by atoms with Crippen LogP contribution in [0.15, 0.2) is 42.6 Å². The minimum absolute atomic E-state index is 0.153. The van der Waals surface area contributed by atoms with Gasteiger partial charge in [-0.15, -0.1) is 0 Å². The summed E-state index contributed by atoms with van der Waals surface area (Å²) in [7, 11) is 0. The zero-order valence-electron chi connectivity index (χ0n) is 13.3. The molecule has 1 aliphatic rings. The molecule has 1 aromatic heterocycles. The van der Waals surface area contributed by atoms with E-state index in [-0.39, 0.29) is 19.0 Å². The summed E-state index contributed by atoms with van der Waals surface area (Å²) in [4.78, 5) is 5.60. The third-order valence-corrected chi connectivity index (χ3v) is 4.07. The molecule has 26 heavy (non-hydrogen) atoms. The largest absolute Gasteiger partial charge is 0.416 e. The summed E-state index contributed by atoms with van der Waals surface area (Å²) in [5.41, 5.74) is -1.05. The second kappa shape index (κ2) is 6.79. The maximum absolute atomic E-state index is 12.8. The van der Waals surface area contributed by atoms with Crippen LogP contribution in [0, 0.1) is 0 Å². The van der Waals surface area contributed by atoms with E-state index in [2.05, 4.69) is 4.98 Å². The van der Waals surface area contributed by atoms with Crippen LogP contribution in [0.2, 0.25) is 0 Å². The Morgan fingerprint density at radius 3 is 2.19 bits per heavy atom. The molecule has 140 valence electrons. The van der Waals surface area contributed by atoms with Crippen LogP contribution in [-0.2, 0) is 17.1 Å². The molecule has 0 aliphatic carbocycles. The number of ether oxygens (including phenoxy) is 1. The van der Waals surface area contributed by atoms with Crippen molar-refractivity contribution < 1.29 is 31.1 Å². The first-order chi connectivity index (χ1) is 12.1. The van der Waals surface area contributed by atoms with Gasteiger partial charge >= 0.3 is 12.4 Å². The Hall–Kier alpha value is -2.29. The number of hydrogen-bond donors (Lipinski definition) is 0. The highest BCUT2D eigenvalue weighted by Crippen LogP contribution is 2.33. The predicted molar refractivity (Wildman–Crippen MR) is 81.6 cm³/mol. The Balaban J connectivity index is 1.77. The van der Waals surface area contributed by atoms with Crippen LogP contribution >= 0.6 is 0 Å². The molecule has 0 N–H and O–H groups in total. The van der Waals surface area contributed by atoms with Crippen molar-refractivity contribution in [2.24, 2.45) is 0 Å². The van der Waals surface area contributed by atoms with Gasteiger partial charge in [-0.05, 0) is 29.8 Å². The fourth-order valence-corrected chi connectivity index (χ4v) is 2.71. The van der Waals surface area contributed by atoms with Crippen LogP contribution in [0.4, 0.5) is 32.2 Å². The smallest absolute Gasteiger partial charge is 0.370 e. The van der Waals surface area contributed by atoms with E-state index in [0.717, 1.165) is 30.5 Å². The zero-order valence-corrected chi connectivity index (χ0v) is 13.3. The zero-order chi connectivity index (χ0) is 18.9. The van der Waals surface area contributed by atoms with Crippen molar-refractivity contribution in [1.29, 1.82) is 0 Å². The fourth-order valence-electron chi connectivity index (χ4n) is 2.71. The summed E-state index contributed by atoms with van der Waals surface area (Å²) >= 11 is 0. The summed E-state index contributed by atoms with van der Waals surface area (Å²) in [6.45, 7) is 0.759. The molecular weight excluding hydrogens is 362 g/mol. The first-order valence-electron chi connectivity index (χ1n) is 7.71. The lowest BCUT2D eigenvalue weighted by Crippen LogP contribution is -2.39. The molecule has 0 bridgehead atoms. The first kappa shape index (κ1) is 18.5. The molecule has 3 nitrogen and oxygen atoms in total. The number of anilines is 1. The molecule has 1 aliphatic heterocycles. The number of hydrogen-bond acceptors (Lipinski definition) is 3. The van der Waals surface area contributed by atoms with E-state index in [4.69, 9.17) is 4.74 Å². The van der Waals surface area contributed by atoms with Crippen molar-refractivity contribution in [1.82, 2.24) is 4.98 Å². The van der Waals surface area contributed by atoms with Crippen molar-refractivity contribution in [3.05, 3.63) is 59.3 Å². The number of aromatic nitrogens is 1. The summed E-state index contributed by atoms with van der Waals surface area (Å²) in [6, 6.07) is 6.39. The Kier molecular flexibility index (Phi) is 4.83. The van der Waals surface area contributed by atoms with E-state index < -0.39 is 29.6 Å². The molecule has 1 atom stereocenters. The fraction of sp³-hybridized carbons (Fsp3) is 0.353. The van der Waals surface area contributed by atoms with E-state index >= 15 is 0 Å². The average molecular weight is 376 g/mol. The minimum Gasteiger partial charge on any atom is -0.370 e. The lowest BCUT2D eigenvalue weighted by molar-refractivity contribution is -0.138. The average Bonchev–Trinajstić information content (AvgIpc) is 2.61. The first-order valence-corrected chi connectivity index (χ1v) is 7.71. The van der Waals surface area contributed by atoms with Crippen molar-refractivity contribution in [2.75, 3.05) is 24.6 Å². The molecule has 2 heterocycles. The predicted octanol–water partition coefficient (Wildman–Crippen LogP) is 4.70. The van der Waals surface area contributed by atoms with Gasteiger partial charge in [0, 0.05) is 19.3 Å². The molecule has 0 radical (unpaired) electrons. The SMILES string of the molecule is FC(F)(F)c1ccc(C2CN(c3cc(C(F)(F)F)ccn3)CCO2)cc1. The number of nitrogens with zero attached hydrogens (tertiary/aromatic N) is 2. The molecule has 0 saturated carbocycles. The van der Waals surface area contributed by atoms with Gasteiger partial charge in [-0.3, -0.25) is 0 Å². The van der Waals surface area contributed by atoms with Gasteiger partial charge in [-0.25, -0.2) is 4.98 Å². The molecular formula is C17H14F6N2O. The van der Waals surface area contributed by atoms with E-state index in [0.29, 0.717) is 12.1 Å². The van der Waals surface area contributed by atoms with Gasteiger partial charge in [0.25, 0.3) is 0 Å². The van der Waals surface area contributed by atoms with E-state index in [9.17, 15) is 26.3 Å². The molecule has 1 saturated heterocycles. The standard InChI is InChI=1S/C17H14F6N2O/c18-16(19,20)12-3-1-11(2-4-12)14-10-25(7-8-26-14)15-9-13(5-6-24-15)17(21,22)23/h1-6,9,14H,7-8,10H2. The van der Waals surface area contributed by atoms with Gasteiger partial charge in [-0.1, -0.05) is 12.1 Å². The molecule has 3 rings (SSSR count). The van der Waals surface area contributed by atoms with Crippen molar-refractivity contribution in [3.63, 3.8) is 0 Å². The number of rotatable bonds is 2. The maximum Gasteiger partial charge on any atom is 0.416 e. The number of morpholine rings is 1. The highest BCUT2D eigenvalue weighted by molar-refractivity contribution is 5.43. The third-order valence-electron chi connectivity index (χ3n) is 4.07. The molecule has 1 fully saturated rings. The Labute approximate surface area is 145 Å². The van der Waals surface area contributed by atoms with Crippen LogP contribution in [0.25, 0.3) is 0 Å². The topological polar surface area (TPSA) is 25.4 Å². The number of halogens is 6. The Morgan fingerprint density at radius 2 is 1.58 bits per heavy atom. The quantitative estimate of drug-likeness (QED) is 0.711. The van der Waals surface area contributed by atoms with Crippen LogP contribution in [0.3, 0.4) is 0 Å². The van der Waals surface area contributed by atoms with Crippen molar-refractivity contribution in [2.45, 2.75) is 18.5 Å². The second-order valence-corrected chi connectivity index (χ2v) is 5.83. The van der Waals surface area contributed by atoms with E-state index in [1.54, 1.807) is 4.90 Å². The van der Waals surface area contributed by atoms with Crippen molar-refractivity contribution >= 4 is 5.82 Å². The Morgan fingerprint density at radius 1 is 0.923 bits per heavy atom. The lowest BCUT2D eigenvalue weighted by Gasteiger charge is -2.34. The molecule has 2 aromatic rings. The summed E-state index contributed by atoms with van der Waals surface area (Å²) in [5.74, 6) is 0.153. The van der Waals surface area contributed by atoms with Gasteiger partial charge in [0.05, 0.1) is 17.7 Å². The van der Waals surface area contributed by atoms with Crippen LogP contribution in [-0.4, -0.2) is 24.7 Å². The summed E-state index contributed by atoms with van der Waals surface area (Å²) in [5, 5.41) is 0. The summed E-state index contributed by atoms with van der Waals surface area (Å²) in [6.07, 6.45) is -8.38. The van der Waals surface area contributed by atoms with Gasteiger partial charge in [0.2, 0.25) is 0 Å². The Bertz CT molecular complexity index is 757. The maximum atomic E-state index is 12.8. The van der Waals surface area contributed by atoms with E-state index in [1.807, 2.05) is 0 Å². The summed E-state index contributed by atoms with van der Waals surface area (Å²) < 4.78 is 82.0.